The van der Waals surface area contributed by atoms with Gasteiger partial charge in [-0.1, -0.05) is 36.4 Å². The second kappa shape index (κ2) is 7.50. The molecule has 0 saturated carbocycles. The fourth-order valence-corrected chi connectivity index (χ4v) is 3.69. The van der Waals surface area contributed by atoms with Crippen LogP contribution in [-0.2, 0) is 19.7 Å². The molecule has 2 aliphatic heterocycles. The first-order chi connectivity index (χ1) is 12.5. The monoisotopic (exact) mass is 389 g/mol. The Hall–Kier alpha value is -2.08. The summed E-state index contributed by atoms with van der Waals surface area (Å²) in [6.07, 6.45) is 0. The molecular formula is C21H24ClNO4. The summed E-state index contributed by atoms with van der Waals surface area (Å²) in [5.41, 5.74) is 0.790. The third-order valence-corrected chi connectivity index (χ3v) is 5.54. The van der Waals surface area contributed by atoms with Crippen LogP contribution in [0, 0.1) is 0 Å². The number of quaternary nitrogens is 1. The van der Waals surface area contributed by atoms with Crippen LogP contribution in [0.1, 0.15) is 18.1 Å². The summed E-state index contributed by atoms with van der Waals surface area (Å²) in [5, 5.41) is 0. The number of hydrogen-bond acceptors (Lipinski definition) is 4. The molecule has 4 rings (SSSR count). The predicted octanol–water partition coefficient (Wildman–Crippen LogP) is 0.0798. The maximum atomic E-state index is 13.3. The Kier molecular flexibility index (Phi) is 5.47. The Bertz CT molecular complexity index is 787. The third kappa shape index (κ3) is 3.43. The largest absolute Gasteiger partial charge is 1.00 e. The van der Waals surface area contributed by atoms with E-state index in [1.165, 1.54) is 0 Å². The van der Waals surface area contributed by atoms with Crippen LogP contribution in [0.4, 0.5) is 0 Å². The van der Waals surface area contributed by atoms with E-state index < -0.39 is 5.41 Å². The van der Waals surface area contributed by atoms with Crippen LogP contribution in [0.5, 0.6) is 11.5 Å². The first-order valence-electron chi connectivity index (χ1n) is 8.98. The van der Waals surface area contributed by atoms with Crippen LogP contribution in [0.3, 0.4) is 0 Å². The van der Waals surface area contributed by atoms with Gasteiger partial charge < -0.3 is 26.6 Å². The molecule has 2 aromatic carbocycles. The summed E-state index contributed by atoms with van der Waals surface area (Å²) >= 11 is 0. The second-order valence-electron chi connectivity index (χ2n) is 7.46. The molecule has 0 atom stereocenters. The van der Waals surface area contributed by atoms with Crippen molar-refractivity contribution in [2.45, 2.75) is 12.3 Å². The van der Waals surface area contributed by atoms with E-state index in [0.717, 1.165) is 24.2 Å². The predicted molar refractivity (Wildman–Crippen MR) is 97.1 cm³/mol. The standard InChI is InChI=1S/C21H24NO4.ClH/c1-21(20(23)25-15-22(2)11-13-24-14-12-22)16-7-3-5-9-18(16)26-19-10-6-4-8-17(19)21;/h3-10H,11-15H2,1-2H3;1H/q+1;/p-1. The van der Waals surface area contributed by atoms with Crippen LogP contribution in [0.25, 0.3) is 0 Å². The molecule has 27 heavy (non-hydrogen) atoms. The molecule has 2 heterocycles. The van der Waals surface area contributed by atoms with Crippen molar-refractivity contribution in [3.8, 4) is 11.5 Å². The minimum absolute atomic E-state index is 0. The highest BCUT2D eigenvalue weighted by Crippen LogP contribution is 2.48. The zero-order chi connectivity index (χ0) is 18.2. The average molecular weight is 390 g/mol. The number of halogens is 1. The molecule has 2 aliphatic rings. The number of likely N-dealkylation sites (N-methyl/N-ethyl adjacent to an activating group) is 1. The number of fused-ring (bicyclic) bond motifs is 2. The van der Waals surface area contributed by atoms with Crippen molar-refractivity contribution >= 4 is 5.97 Å². The molecule has 1 fully saturated rings. The highest BCUT2D eigenvalue weighted by molar-refractivity contribution is 5.90. The Morgan fingerprint density at radius 1 is 1.04 bits per heavy atom. The summed E-state index contributed by atoms with van der Waals surface area (Å²) in [4.78, 5) is 13.3. The van der Waals surface area contributed by atoms with E-state index in [4.69, 9.17) is 14.2 Å². The van der Waals surface area contributed by atoms with Gasteiger partial charge in [0.1, 0.15) is 30.0 Å². The summed E-state index contributed by atoms with van der Waals surface area (Å²) in [6, 6.07) is 15.4. The number of ether oxygens (including phenoxy) is 3. The lowest BCUT2D eigenvalue weighted by Crippen LogP contribution is -3.00. The number of hydrogen-bond donors (Lipinski definition) is 0. The molecule has 0 N–H and O–H groups in total. The summed E-state index contributed by atoms with van der Waals surface area (Å²) in [7, 11) is 2.10. The third-order valence-electron chi connectivity index (χ3n) is 5.54. The maximum absolute atomic E-state index is 13.3. The van der Waals surface area contributed by atoms with Gasteiger partial charge in [-0.2, -0.15) is 0 Å². The highest BCUT2D eigenvalue weighted by atomic mass is 35.5. The Morgan fingerprint density at radius 3 is 2.11 bits per heavy atom. The number of para-hydroxylation sites is 2. The summed E-state index contributed by atoms with van der Waals surface area (Å²) in [5.74, 6) is 1.17. The van der Waals surface area contributed by atoms with E-state index in [1.807, 2.05) is 55.5 Å². The molecule has 6 heteroatoms. The van der Waals surface area contributed by atoms with Gasteiger partial charge in [-0.15, -0.1) is 0 Å². The topological polar surface area (TPSA) is 44.8 Å². The SMILES string of the molecule is CC1(C(=O)OC[N+]2(C)CCOCC2)c2ccccc2Oc2ccccc21.[Cl-]. The molecule has 0 radical (unpaired) electrons. The Balaban J connectivity index is 0.00000210. The van der Waals surface area contributed by atoms with Crippen LogP contribution in [0.2, 0.25) is 0 Å². The van der Waals surface area contributed by atoms with E-state index in [0.29, 0.717) is 35.9 Å². The molecule has 0 aromatic heterocycles. The summed E-state index contributed by atoms with van der Waals surface area (Å²) < 4.78 is 18.0. The lowest BCUT2D eigenvalue weighted by molar-refractivity contribution is -0.932. The van der Waals surface area contributed by atoms with Gasteiger partial charge in [0.15, 0.2) is 0 Å². The molecule has 5 nitrogen and oxygen atoms in total. The van der Waals surface area contributed by atoms with E-state index in [2.05, 4.69) is 7.05 Å². The van der Waals surface area contributed by atoms with E-state index in [-0.39, 0.29) is 18.4 Å². The van der Waals surface area contributed by atoms with Crippen LogP contribution in [-0.4, -0.2) is 50.5 Å². The van der Waals surface area contributed by atoms with Crippen molar-refractivity contribution in [3.05, 3.63) is 59.7 Å². The van der Waals surface area contributed by atoms with Gasteiger partial charge in [-0.3, -0.25) is 9.28 Å². The molecule has 144 valence electrons. The van der Waals surface area contributed by atoms with Gasteiger partial charge in [0.05, 0.1) is 20.3 Å². The van der Waals surface area contributed by atoms with Crippen molar-refractivity contribution in [2.75, 3.05) is 40.1 Å². The number of nitrogens with zero attached hydrogens (tertiary/aromatic N) is 1. The smallest absolute Gasteiger partial charge is 0.325 e. The minimum Gasteiger partial charge on any atom is -1.00 e. The number of carbonyl (C=O) groups is 1. The van der Waals surface area contributed by atoms with Gasteiger partial charge in [0.25, 0.3) is 0 Å². The van der Waals surface area contributed by atoms with Crippen molar-refractivity contribution in [3.63, 3.8) is 0 Å². The van der Waals surface area contributed by atoms with Gasteiger partial charge in [0, 0.05) is 11.1 Å². The molecule has 0 spiro atoms. The van der Waals surface area contributed by atoms with Gasteiger partial charge in [0.2, 0.25) is 6.73 Å². The quantitative estimate of drug-likeness (QED) is 0.551. The molecule has 0 bridgehead atoms. The van der Waals surface area contributed by atoms with Crippen LogP contribution >= 0.6 is 0 Å². The second-order valence-corrected chi connectivity index (χ2v) is 7.46. The fraction of sp³-hybridized carbons (Fsp3) is 0.381. The minimum atomic E-state index is -0.892. The van der Waals surface area contributed by atoms with Gasteiger partial charge >= 0.3 is 5.97 Å². The first-order valence-corrected chi connectivity index (χ1v) is 8.98. The molecule has 0 aliphatic carbocycles. The van der Waals surface area contributed by atoms with Gasteiger partial charge in [-0.25, -0.2) is 0 Å². The number of carbonyl (C=O) groups excluding carboxylic acids is 1. The molecule has 1 saturated heterocycles. The molecular weight excluding hydrogens is 366 g/mol. The van der Waals surface area contributed by atoms with Crippen LogP contribution in [0.15, 0.2) is 48.5 Å². The first kappa shape index (κ1) is 19.7. The molecule has 0 amide bonds. The van der Waals surface area contributed by atoms with E-state index in [9.17, 15) is 4.79 Å². The van der Waals surface area contributed by atoms with Crippen LogP contribution < -0.4 is 17.1 Å². The number of rotatable bonds is 3. The highest BCUT2D eigenvalue weighted by Gasteiger charge is 2.46. The number of benzene rings is 2. The Labute approximate surface area is 165 Å². The average Bonchev–Trinajstić information content (AvgIpc) is 2.67. The number of esters is 1. The maximum Gasteiger partial charge on any atom is 0.325 e. The van der Waals surface area contributed by atoms with Crippen molar-refractivity contribution in [1.82, 2.24) is 0 Å². The van der Waals surface area contributed by atoms with Crippen molar-refractivity contribution in [2.24, 2.45) is 0 Å². The zero-order valence-electron chi connectivity index (χ0n) is 15.6. The van der Waals surface area contributed by atoms with Crippen molar-refractivity contribution in [1.29, 1.82) is 0 Å². The molecule has 0 unspecified atom stereocenters. The zero-order valence-corrected chi connectivity index (χ0v) is 16.4. The van der Waals surface area contributed by atoms with E-state index >= 15 is 0 Å². The normalized spacial score (nSPS) is 18.9. The molecule has 2 aromatic rings. The van der Waals surface area contributed by atoms with E-state index in [1.54, 1.807) is 0 Å². The Morgan fingerprint density at radius 2 is 1.56 bits per heavy atom. The lowest BCUT2D eigenvalue weighted by Gasteiger charge is -2.39. The number of morpholine rings is 1. The lowest BCUT2D eigenvalue weighted by atomic mass is 9.74. The fourth-order valence-electron chi connectivity index (χ4n) is 3.69. The van der Waals surface area contributed by atoms with Crippen molar-refractivity contribution < 1.29 is 35.9 Å². The summed E-state index contributed by atoms with van der Waals surface area (Å²) in [6.45, 7) is 5.37. The van der Waals surface area contributed by atoms with Gasteiger partial charge in [-0.05, 0) is 19.1 Å².